The van der Waals surface area contributed by atoms with Crippen LogP contribution in [0, 0.1) is 5.41 Å². The van der Waals surface area contributed by atoms with Gasteiger partial charge in [-0.3, -0.25) is 0 Å². The number of aliphatic hydroxyl groups is 3. The van der Waals surface area contributed by atoms with Crippen molar-refractivity contribution in [1.29, 1.82) is 0 Å². The number of aliphatic hydroxyl groups excluding tert-OH is 3. The van der Waals surface area contributed by atoms with E-state index in [4.69, 9.17) is 15.3 Å². The van der Waals surface area contributed by atoms with Gasteiger partial charge < -0.3 is 15.3 Å². The van der Waals surface area contributed by atoms with Crippen molar-refractivity contribution in [2.75, 3.05) is 13.2 Å². The quantitative estimate of drug-likeness (QED) is 0.250. The van der Waals surface area contributed by atoms with Crippen molar-refractivity contribution in [3.63, 3.8) is 0 Å². The molecule has 3 nitrogen and oxygen atoms in total. The van der Waals surface area contributed by atoms with E-state index in [1.165, 1.54) is 96.3 Å². The molecule has 170 valence electrons. The van der Waals surface area contributed by atoms with Gasteiger partial charge in [0.1, 0.15) is 6.10 Å². The van der Waals surface area contributed by atoms with Gasteiger partial charge in [0.05, 0.1) is 13.2 Å². The van der Waals surface area contributed by atoms with Crippen molar-refractivity contribution >= 4 is 0 Å². The van der Waals surface area contributed by atoms with Crippen LogP contribution in [0.3, 0.4) is 0 Å². The summed E-state index contributed by atoms with van der Waals surface area (Å²) in [5, 5.41) is 24.0. The third-order valence-corrected chi connectivity index (χ3v) is 6.46. The zero-order valence-corrected chi connectivity index (χ0v) is 19.3. The van der Waals surface area contributed by atoms with E-state index < -0.39 is 6.10 Å². The molecule has 0 atom stereocenters. The van der Waals surface area contributed by atoms with Gasteiger partial charge in [-0.1, -0.05) is 110 Å². The molecule has 3 N–H and O–H groups in total. The minimum atomic E-state index is -0.954. The van der Waals surface area contributed by atoms with E-state index >= 15 is 0 Å². The summed E-state index contributed by atoms with van der Waals surface area (Å²) < 4.78 is 0. The highest BCUT2D eigenvalue weighted by atomic mass is 16.3. The Labute approximate surface area is 176 Å². The predicted molar refractivity (Wildman–Crippen MR) is 122 cm³/mol. The molecule has 0 saturated heterocycles. The lowest BCUT2D eigenvalue weighted by molar-refractivity contribution is 0.0450. The molecule has 1 aliphatic rings. The minimum Gasteiger partial charge on any atom is -0.394 e. The van der Waals surface area contributed by atoms with E-state index in [1.807, 2.05) is 0 Å². The molecule has 0 aromatic rings. The fraction of sp³-hybridized carbons (Fsp3) is 1.00. The first-order valence-corrected chi connectivity index (χ1v) is 12.5. The highest BCUT2D eigenvalue weighted by Crippen LogP contribution is 2.44. The van der Waals surface area contributed by atoms with Crippen LogP contribution in [0.4, 0.5) is 0 Å². The molecule has 3 heteroatoms. The average Bonchev–Trinajstić information content (AvgIpc) is 2.73. The minimum absolute atomic E-state index is 0.365. The molecule has 0 aromatic heterocycles. The molecule has 0 heterocycles. The molecular formula is C25H52O3. The number of unbranched alkanes of at least 4 members (excludes halogenated alkanes) is 10. The average molecular weight is 401 g/mol. The Balaban J connectivity index is 0.00000105. The van der Waals surface area contributed by atoms with Crippen LogP contribution in [0.25, 0.3) is 0 Å². The van der Waals surface area contributed by atoms with E-state index in [0.717, 1.165) is 5.41 Å². The summed E-state index contributed by atoms with van der Waals surface area (Å²) in [6, 6.07) is 0. The van der Waals surface area contributed by atoms with Gasteiger partial charge in [-0.15, -0.1) is 0 Å². The second kappa shape index (κ2) is 20.2. The first-order valence-electron chi connectivity index (χ1n) is 12.5. The zero-order valence-electron chi connectivity index (χ0n) is 19.3. The summed E-state index contributed by atoms with van der Waals surface area (Å²) in [5.41, 5.74) is 0.772. The van der Waals surface area contributed by atoms with Crippen LogP contribution in [0.15, 0.2) is 0 Å². The maximum atomic E-state index is 8.17. The van der Waals surface area contributed by atoms with Crippen LogP contribution in [0.5, 0.6) is 0 Å². The number of hydrogen-bond donors (Lipinski definition) is 3. The van der Waals surface area contributed by atoms with Gasteiger partial charge in [0.25, 0.3) is 0 Å². The van der Waals surface area contributed by atoms with Crippen LogP contribution in [0.2, 0.25) is 0 Å². The lowest BCUT2D eigenvalue weighted by Crippen LogP contribution is -2.24. The highest BCUT2D eigenvalue weighted by molar-refractivity contribution is 4.82. The normalized spacial score (nSPS) is 16.1. The van der Waals surface area contributed by atoms with Crippen LogP contribution < -0.4 is 0 Å². The second-order valence-electron chi connectivity index (χ2n) is 9.12. The molecule has 0 spiro atoms. The van der Waals surface area contributed by atoms with Crippen LogP contribution >= 0.6 is 0 Å². The van der Waals surface area contributed by atoms with E-state index in [9.17, 15) is 0 Å². The van der Waals surface area contributed by atoms with Crippen molar-refractivity contribution in [1.82, 2.24) is 0 Å². The maximum Gasteiger partial charge on any atom is 0.100 e. The predicted octanol–water partition coefficient (Wildman–Crippen LogP) is 6.77. The molecule has 1 saturated carbocycles. The molecule has 28 heavy (non-hydrogen) atoms. The molecule has 1 fully saturated rings. The summed E-state index contributed by atoms with van der Waals surface area (Å²) in [6.45, 7) is 3.90. The van der Waals surface area contributed by atoms with Crippen molar-refractivity contribution < 1.29 is 15.3 Å². The standard InChI is InChI=1S/C22H44.C3H8O3/c1-3-5-7-9-11-14-18-22(20-16-13-17-21-22)19-15-12-10-8-6-4-2;4-1-3(6)2-5/h3-21H2,1-2H3;3-6H,1-2H2. The summed E-state index contributed by atoms with van der Waals surface area (Å²) in [5.74, 6) is 0. The monoisotopic (exact) mass is 400 g/mol. The van der Waals surface area contributed by atoms with E-state index in [0.29, 0.717) is 0 Å². The van der Waals surface area contributed by atoms with Crippen LogP contribution in [-0.2, 0) is 0 Å². The van der Waals surface area contributed by atoms with Gasteiger partial charge in [0.15, 0.2) is 0 Å². The summed E-state index contributed by atoms with van der Waals surface area (Å²) in [6.07, 6.45) is 27.4. The second-order valence-corrected chi connectivity index (χ2v) is 9.12. The Morgan fingerprint density at radius 1 is 0.607 bits per heavy atom. The van der Waals surface area contributed by atoms with Gasteiger partial charge in [-0.2, -0.15) is 0 Å². The topological polar surface area (TPSA) is 60.7 Å². The molecule has 0 aromatic carbocycles. The van der Waals surface area contributed by atoms with E-state index in [2.05, 4.69) is 13.8 Å². The Morgan fingerprint density at radius 2 is 1.00 bits per heavy atom. The molecule has 0 amide bonds. The Hall–Kier alpha value is -0.120. The fourth-order valence-electron chi connectivity index (χ4n) is 4.55. The van der Waals surface area contributed by atoms with Crippen LogP contribution in [0.1, 0.15) is 136 Å². The third kappa shape index (κ3) is 15.8. The fourth-order valence-corrected chi connectivity index (χ4v) is 4.55. The smallest absolute Gasteiger partial charge is 0.100 e. The van der Waals surface area contributed by atoms with Gasteiger partial charge >= 0.3 is 0 Å². The molecule has 0 bridgehead atoms. The zero-order chi connectivity index (χ0) is 20.9. The lowest BCUT2D eigenvalue weighted by atomic mass is 9.68. The lowest BCUT2D eigenvalue weighted by Gasteiger charge is -2.38. The van der Waals surface area contributed by atoms with Crippen molar-refractivity contribution in [2.24, 2.45) is 5.41 Å². The van der Waals surface area contributed by atoms with E-state index in [-0.39, 0.29) is 13.2 Å². The Morgan fingerprint density at radius 3 is 1.36 bits per heavy atom. The first kappa shape index (κ1) is 27.9. The van der Waals surface area contributed by atoms with Gasteiger partial charge in [-0.25, -0.2) is 0 Å². The largest absolute Gasteiger partial charge is 0.394 e. The van der Waals surface area contributed by atoms with Crippen molar-refractivity contribution in [3.8, 4) is 0 Å². The van der Waals surface area contributed by atoms with Gasteiger partial charge in [0.2, 0.25) is 0 Å². The number of rotatable bonds is 16. The Bertz CT molecular complexity index is 278. The van der Waals surface area contributed by atoms with Crippen molar-refractivity contribution in [3.05, 3.63) is 0 Å². The van der Waals surface area contributed by atoms with Gasteiger partial charge in [-0.05, 0) is 31.1 Å². The highest BCUT2D eigenvalue weighted by Gasteiger charge is 2.30. The molecular weight excluding hydrogens is 348 g/mol. The van der Waals surface area contributed by atoms with Crippen LogP contribution in [-0.4, -0.2) is 34.6 Å². The SMILES string of the molecule is CCCCCCCCC1(CCCCCCCC)CCCCC1.OCC(O)CO. The maximum absolute atomic E-state index is 8.17. The first-order chi connectivity index (χ1) is 13.6. The summed E-state index contributed by atoms with van der Waals surface area (Å²) in [4.78, 5) is 0. The number of hydrogen-bond acceptors (Lipinski definition) is 3. The molecule has 0 radical (unpaired) electrons. The Kier molecular flexibility index (Phi) is 20.1. The molecule has 1 rings (SSSR count). The van der Waals surface area contributed by atoms with Crippen molar-refractivity contribution in [2.45, 2.75) is 142 Å². The third-order valence-electron chi connectivity index (χ3n) is 6.46. The molecule has 0 unspecified atom stereocenters. The van der Waals surface area contributed by atoms with E-state index in [1.54, 1.807) is 25.7 Å². The summed E-state index contributed by atoms with van der Waals surface area (Å²) >= 11 is 0. The summed E-state index contributed by atoms with van der Waals surface area (Å²) in [7, 11) is 0. The molecule has 1 aliphatic carbocycles. The van der Waals surface area contributed by atoms with Gasteiger partial charge in [0, 0.05) is 0 Å². The molecule has 0 aliphatic heterocycles.